The minimum absolute atomic E-state index is 0.0449. The molecule has 0 aromatic carbocycles. The van der Waals surface area contributed by atoms with Crippen molar-refractivity contribution in [2.75, 3.05) is 0 Å². The van der Waals surface area contributed by atoms with E-state index in [1.807, 2.05) is 6.92 Å². The molecular formula is C29H44O3. The highest BCUT2D eigenvalue weighted by Gasteiger charge is 2.29. The van der Waals surface area contributed by atoms with Crippen LogP contribution in [0, 0.1) is 0 Å². The number of hydrogen-bond acceptors (Lipinski definition) is 3. The summed E-state index contributed by atoms with van der Waals surface area (Å²) in [6, 6.07) is 0. The second-order valence-electron chi connectivity index (χ2n) is 10.0. The Morgan fingerprint density at radius 1 is 0.750 bits per heavy atom. The van der Waals surface area contributed by atoms with Crippen LogP contribution in [0.5, 0.6) is 0 Å². The third-order valence-corrected chi connectivity index (χ3v) is 6.52. The van der Waals surface area contributed by atoms with E-state index in [0.29, 0.717) is 41.6 Å². The fraction of sp³-hybridized carbons (Fsp3) is 0.586. The van der Waals surface area contributed by atoms with Crippen LogP contribution in [0.2, 0.25) is 0 Å². The third kappa shape index (κ3) is 9.24. The largest absolute Gasteiger partial charge is 0.390 e. The molecule has 32 heavy (non-hydrogen) atoms. The zero-order valence-electron chi connectivity index (χ0n) is 21.7. The van der Waals surface area contributed by atoms with Crippen molar-refractivity contribution in [3.8, 4) is 0 Å². The van der Waals surface area contributed by atoms with E-state index in [2.05, 4.69) is 45.9 Å². The first-order valence-corrected chi connectivity index (χ1v) is 12.0. The fourth-order valence-corrected chi connectivity index (χ4v) is 3.94. The summed E-state index contributed by atoms with van der Waals surface area (Å²) in [5.74, 6) is -0.0909. The summed E-state index contributed by atoms with van der Waals surface area (Å²) in [6.07, 6.45) is 13.5. The highest BCUT2D eigenvalue weighted by atomic mass is 16.3. The summed E-state index contributed by atoms with van der Waals surface area (Å²) in [5, 5.41) is 10.8. The lowest BCUT2D eigenvalue weighted by atomic mass is 9.82. The molecule has 178 valence electrons. The highest BCUT2D eigenvalue weighted by molar-refractivity contribution is 6.24. The monoisotopic (exact) mass is 440 g/mol. The molecular weight excluding hydrogens is 396 g/mol. The van der Waals surface area contributed by atoms with Gasteiger partial charge < -0.3 is 5.11 Å². The highest BCUT2D eigenvalue weighted by Crippen LogP contribution is 2.30. The molecule has 0 aromatic heterocycles. The predicted octanol–water partition coefficient (Wildman–Crippen LogP) is 7.52. The Hall–Kier alpha value is -2.00. The van der Waals surface area contributed by atoms with E-state index in [4.69, 9.17) is 0 Å². The number of ketones is 2. The van der Waals surface area contributed by atoms with Gasteiger partial charge in [0.15, 0.2) is 11.6 Å². The molecule has 0 heterocycles. The van der Waals surface area contributed by atoms with Crippen molar-refractivity contribution in [2.24, 2.45) is 0 Å². The van der Waals surface area contributed by atoms with E-state index < -0.39 is 5.60 Å². The van der Waals surface area contributed by atoms with Crippen LogP contribution in [0.4, 0.5) is 0 Å². The number of hydrogen-bond donors (Lipinski definition) is 1. The quantitative estimate of drug-likeness (QED) is 0.252. The Kier molecular flexibility index (Phi) is 11.3. The average molecular weight is 441 g/mol. The topological polar surface area (TPSA) is 54.4 Å². The number of Topliss-reactive ketones (excluding diaryl/α,β-unsaturated/α-hetero) is 2. The lowest BCUT2D eigenvalue weighted by Crippen LogP contribution is -2.26. The van der Waals surface area contributed by atoms with Crippen LogP contribution in [-0.4, -0.2) is 22.3 Å². The first-order chi connectivity index (χ1) is 14.9. The molecule has 0 amide bonds. The molecule has 0 fully saturated rings. The summed E-state index contributed by atoms with van der Waals surface area (Å²) in [5.41, 5.74) is 5.48. The lowest BCUT2D eigenvalue weighted by molar-refractivity contribution is -0.116. The van der Waals surface area contributed by atoms with Gasteiger partial charge in [-0.15, -0.1) is 0 Å². The van der Waals surface area contributed by atoms with Crippen LogP contribution in [0.1, 0.15) is 107 Å². The van der Waals surface area contributed by atoms with Gasteiger partial charge in [-0.2, -0.15) is 0 Å². The van der Waals surface area contributed by atoms with Crippen molar-refractivity contribution in [1.82, 2.24) is 0 Å². The van der Waals surface area contributed by atoms with Crippen molar-refractivity contribution in [3.05, 3.63) is 57.2 Å². The minimum Gasteiger partial charge on any atom is -0.390 e. The fourth-order valence-electron chi connectivity index (χ4n) is 3.94. The molecule has 0 saturated carbocycles. The first-order valence-electron chi connectivity index (χ1n) is 12.0. The van der Waals surface area contributed by atoms with Crippen molar-refractivity contribution in [1.29, 1.82) is 0 Å². The van der Waals surface area contributed by atoms with E-state index in [0.717, 1.165) is 32.1 Å². The molecule has 1 N–H and O–H groups in total. The maximum atomic E-state index is 12.6. The molecule has 1 atom stereocenters. The van der Waals surface area contributed by atoms with Crippen LogP contribution in [-0.2, 0) is 9.59 Å². The van der Waals surface area contributed by atoms with Gasteiger partial charge in [0.25, 0.3) is 0 Å². The van der Waals surface area contributed by atoms with Gasteiger partial charge in [0.2, 0.25) is 0 Å². The first kappa shape index (κ1) is 28.0. The smallest absolute Gasteiger partial charge is 0.185 e. The van der Waals surface area contributed by atoms with Gasteiger partial charge in [-0.05, 0) is 107 Å². The van der Waals surface area contributed by atoms with Crippen molar-refractivity contribution >= 4 is 11.6 Å². The molecule has 0 unspecified atom stereocenters. The average Bonchev–Trinajstić information content (AvgIpc) is 2.70. The van der Waals surface area contributed by atoms with Crippen molar-refractivity contribution in [3.63, 3.8) is 0 Å². The minimum atomic E-state index is -0.862. The predicted molar refractivity (Wildman–Crippen MR) is 136 cm³/mol. The molecule has 0 saturated heterocycles. The third-order valence-electron chi connectivity index (χ3n) is 6.52. The van der Waals surface area contributed by atoms with E-state index in [1.54, 1.807) is 20.8 Å². The van der Waals surface area contributed by atoms with Crippen LogP contribution >= 0.6 is 0 Å². The molecule has 1 rings (SSSR count). The van der Waals surface area contributed by atoms with Crippen LogP contribution in [0.3, 0.4) is 0 Å². The molecule has 1 aliphatic rings. The number of carbonyl (C=O) groups excluding carboxylic acids is 2. The van der Waals surface area contributed by atoms with Gasteiger partial charge >= 0.3 is 0 Å². The Morgan fingerprint density at radius 3 is 1.81 bits per heavy atom. The maximum absolute atomic E-state index is 12.6. The Labute approximate surface area is 196 Å². The second-order valence-corrected chi connectivity index (χ2v) is 10.0. The SMILES string of the molecule is CC(C)=CCC/C(C)=C/CC/C(C)=C/CC[C@@](C)(O)CCC1=C(C)C(=O)C(C)=C(C)C1=O. The number of rotatable bonds is 12. The van der Waals surface area contributed by atoms with Crippen LogP contribution in [0.15, 0.2) is 57.2 Å². The van der Waals surface area contributed by atoms with Crippen molar-refractivity contribution in [2.45, 2.75) is 112 Å². The molecule has 0 bridgehead atoms. The van der Waals surface area contributed by atoms with Gasteiger partial charge in [-0.1, -0.05) is 34.9 Å². The number of carbonyl (C=O) groups is 2. The Balaban J connectivity index is 2.49. The zero-order valence-corrected chi connectivity index (χ0v) is 21.7. The normalized spacial score (nSPS) is 17.8. The van der Waals surface area contributed by atoms with Gasteiger partial charge in [0, 0.05) is 22.3 Å². The molecule has 0 spiro atoms. The Morgan fingerprint density at radius 2 is 1.25 bits per heavy atom. The molecule has 3 nitrogen and oxygen atoms in total. The molecule has 0 aromatic rings. The van der Waals surface area contributed by atoms with Gasteiger partial charge in [0.1, 0.15) is 0 Å². The number of aliphatic hydroxyl groups is 1. The second kappa shape index (κ2) is 12.9. The summed E-state index contributed by atoms with van der Waals surface area (Å²) in [6.45, 7) is 15.6. The summed E-state index contributed by atoms with van der Waals surface area (Å²) in [4.78, 5) is 24.9. The maximum Gasteiger partial charge on any atom is 0.185 e. The zero-order chi connectivity index (χ0) is 24.5. The summed E-state index contributed by atoms with van der Waals surface area (Å²) in [7, 11) is 0. The van der Waals surface area contributed by atoms with Crippen LogP contribution in [0.25, 0.3) is 0 Å². The molecule has 3 heteroatoms. The molecule has 0 radical (unpaired) electrons. The summed E-state index contributed by atoms with van der Waals surface area (Å²) < 4.78 is 0. The van der Waals surface area contributed by atoms with E-state index in [9.17, 15) is 14.7 Å². The summed E-state index contributed by atoms with van der Waals surface area (Å²) >= 11 is 0. The van der Waals surface area contributed by atoms with E-state index >= 15 is 0 Å². The Bertz CT molecular complexity index is 853. The van der Waals surface area contributed by atoms with Gasteiger partial charge in [-0.3, -0.25) is 9.59 Å². The van der Waals surface area contributed by atoms with E-state index in [-0.39, 0.29) is 11.6 Å². The molecule has 0 aliphatic heterocycles. The van der Waals surface area contributed by atoms with E-state index in [1.165, 1.54) is 16.7 Å². The lowest BCUT2D eigenvalue weighted by Gasteiger charge is -2.25. The number of allylic oxidation sites excluding steroid dienone is 10. The van der Waals surface area contributed by atoms with Gasteiger partial charge in [-0.25, -0.2) is 0 Å². The van der Waals surface area contributed by atoms with Crippen molar-refractivity contribution < 1.29 is 14.7 Å². The van der Waals surface area contributed by atoms with Crippen LogP contribution < -0.4 is 0 Å². The molecule has 1 aliphatic carbocycles. The standard InChI is InChI=1S/C29H44O3/c1-20(2)12-9-13-21(3)14-10-15-22(4)16-11-18-29(8,32)19-17-26-25(7)27(30)23(5)24(6)28(26)31/h12,14,16,32H,9-11,13,15,17-19H2,1-8H3/b21-14+,22-16+/t29-/m1/s1. The van der Waals surface area contributed by atoms with Gasteiger partial charge in [0.05, 0.1) is 5.60 Å².